The molecular weight excluding hydrogens is 559 g/mol. The largest absolute Gasteiger partial charge is 0.493 e. The highest BCUT2D eigenvalue weighted by molar-refractivity contribution is 9.10. The van der Waals surface area contributed by atoms with Crippen molar-refractivity contribution in [1.82, 2.24) is 4.90 Å². The maximum atomic E-state index is 13.0. The fourth-order valence-electron chi connectivity index (χ4n) is 3.63. The molecule has 2 aliphatic heterocycles. The van der Waals surface area contributed by atoms with Gasteiger partial charge in [-0.05, 0) is 76.8 Å². The van der Waals surface area contributed by atoms with Gasteiger partial charge in [-0.1, -0.05) is 24.0 Å². The first kappa shape index (κ1) is 25.6. The minimum absolute atomic E-state index is 0.0165. The van der Waals surface area contributed by atoms with Gasteiger partial charge in [0.1, 0.15) is 10.1 Å². The van der Waals surface area contributed by atoms with Gasteiger partial charge in [-0.25, -0.2) is 4.39 Å². The van der Waals surface area contributed by atoms with E-state index in [1.807, 2.05) is 0 Å². The van der Waals surface area contributed by atoms with Gasteiger partial charge in [0.2, 0.25) is 0 Å². The number of hydrogen-bond acceptors (Lipinski definition) is 7. The lowest BCUT2D eigenvalue weighted by atomic mass is 10.1. The molecule has 7 nitrogen and oxygen atoms in total. The smallest absolute Gasteiger partial charge is 0.266 e. The second-order valence-electron chi connectivity index (χ2n) is 7.81. The molecule has 2 saturated heterocycles. The fourth-order valence-corrected chi connectivity index (χ4v) is 5.48. The molecule has 2 aromatic rings. The van der Waals surface area contributed by atoms with Crippen LogP contribution in [-0.4, -0.2) is 54.0 Å². The van der Waals surface area contributed by atoms with E-state index in [1.165, 1.54) is 43.1 Å². The zero-order valence-corrected chi connectivity index (χ0v) is 21.9. The molecule has 184 valence electrons. The number of nitrogens with one attached hydrogen (secondary N) is 1. The Morgan fingerprint density at radius 3 is 2.83 bits per heavy atom. The highest BCUT2D eigenvalue weighted by atomic mass is 79.9. The number of hydrogen-bond donors (Lipinski definition) is 1. The first-order chi connectivity index (χ1) is 16.8. The average molecular weight is 581 g/mol. The highest BCUT2D eigenvalue weighted by Crippen LogP contribution is 2.39. The molecule has 2 aromatic carbocycles. The summed E-state index contributed by atoms with van der Waals surface area (Å²) in [5, 5.41) is 2.63. The number of anilines is 1. The standard InChI is InChI=1S/C24H22BrFN2O5S2/c1-31-19-10-14(11-20-23(30)28(24(34)35-20)12-17-3-2-8-32-17)9-18(25)22(19)33-13-21(29)27-16-6-4-15(26)5-7-16/h4-7,9-11,17H,2-3,8,12-13H2,1H3,(H,27,29)/b20-11-/t17-/m1/s1. The SMILES string of the molecule is COc1cc(/C=C2\SC(=S)N(C[C@H]3CCCO3)C2=O)cc(Br)c1OCC(=O)Nc1ccc(F)cc1. The van der Waals surface area contributed by atoms with E-state index < -0.39 is 11.7 Å². The quantitative estimate of drug-likeness (QED) is 0.348. The first-order valence-corrected chi connectivity index (χ1v) is 12.8. The lowest BCUT2D eigenvalue weighted by Gasteiger charge is -2.18. The van der Waals surface area contributed by atoms with Gasteiger partial charge < -0.3 is 19.5 Å². The van der Waals surface area contributed by atoms with Crippen molar-refractivity contribution in [3.63, 3.8) is 0 Å². The molecule has 0 unspecified atom stereocenters. The van der Waals surface area contributed by atoms with Crippen molar-refractivity contribution in [3.8, 4) is 11.5 Å². The van der Waals surface area contributed by atoms with Crippen molar-refractivity contribution in [2.45, 2.75) is 18.9 Å². The third-order valence-electron chi connectivity index (χ3n) is 5.31. The molecule has 4 rings (SSSR count). The number of nitrogens with zero attached hydrogens (tertiary/aromatic N) is 1. The zero-order chi connectivity index (χ0) is 24.9. The molecule has 0 spiro atoms. The average Bonchev–Trinajstić information content (AvgIpc) is 3.43. The minimum atomic E-state index is -0.412. The summed E-state index contributed by atoms with van der Waals surface area (Å²) in [4.78, 5) is 27.3. The molecule has 2 amide bonds. The Morgan fingerprint density at radius 2 is 2.14 bits per heavy atom. The molecule has 2 heterocycles. The second-order valence-corrected chi connectivity index (χ2v) is 10.3. The Balaban J connectivity index is 1.44. The monoisotopic (exact) mass is 580 g/mol. The number of thiocarbonyl (C=S) groups is 1. The van der Waals surface area contributed by atoms with Crippen LogP contribution in [0.2, 0.25) is 0 Å². The van der Waals surface area contributed by atoms with Crippen LogP contribution in [0.15, 0.2) is 45.8 Å². The summed E-state index contributed by atoms with van der Waals surface area (Å²) in [7, 11) is 1.48. The van der Waals surface area contributed by atoms with Crippen LogP contribution in [0, 0.1) is 5.82 Å². The topological polar surface area (TPSA) is 77.1 Å². The molecule has 0 radical (unpaired) electrons. The van der Waals surface area contributed by atoms with Crippen molar-refractivity contribution in [3.05, 3.63) is 57.2 Å². The van der Waals surface area contributed by atoms with E-state index in [0.29, 0.717) is 49.6 Å². The summed E-state index contributed by atoms with van der Waals surface area (Å²) in [6.45, 7) is 0.890. The Hall–Kier alpha value is -2.47. The molecule has 0 aromatic heterocycles. The van der Waals surface area contributed by atoms with Crippen molar-refractivity contribution < 1.29 is 28.2 Å². The van der Waals surface area contributed by atoms with Gasteiger partial charge in [0.25, 0.3) is 11.8 Å². The molecule has 1 atom stereocenters. The normalized spacial score (nSPS) is 18.9. The lowest BCUT2D eigenvalue weighted by Crippen LogP contribution is -2.35. The number of methoxy groups -OCH3 is 1. The van der Waals surface area contributed by atoms with E-state index in [1.54, 1.807) is 23.1 Å². The van der Waals surface area contributed by atoms with Gasteiger partial charge in [0, 0.05) is 12.3 Å². The Morgan fingerprint density at radius 1 is 1.37 bits per heavy atom. The number of benzene rings is 2. The van der Waals surface area contributed by atoms with Gasteiger partial charge in [-0.3, -0.25) is 14.5 Å². The summed E-state index contributed by atoms with van der Waals surface area (Å²) in [6.07, 6.45) is 3.67. The van der Waals surface area contributed by atoms with Crippen molar-refractivity contribution in [2.24, 2.45) is 0 Å². The fraction of sp³-hybridized carbons (Fsp3) is 0.292. The second kappa shape index (κ2) is 11.5. The molecule has 0 saturated carbocycles. The van der Waals surface area contributed by atoms with E-state index in [0.717, 1.165) is 12.8 Å². The third-order valence-corrected chi connectivity index (χ3v) is 7.28. The van der Waals surface area contributed by atoms with E-state index in [4.69, 9.17) is 26.4 Å². The van der Waals surface area contributed by atoms with Crippen LogP contribution in [0.3, 0.4) is 0 Å². The van der Waals surface area contributed by atoms with Gasteiger partial charge in [-0.2, -0.15) is 0 Å². The minimum Gasteiger partial charge on any atom is -0.493 e. The van der Waals surface area contributed by atoms with Gasteiger partial charge in [-0.15, -0.1) is 0 Å². The Labute approximate surface area is 220 Å². The molecule has 2 aliphatic rings. The molecule has 0 aliphatic carbocycles. The van der Waals surface area contributed by atoms with Crippen LogP contribution in [0.1, 0.15) is 18.4 Å². The number of ether oxygens (including phenoxy) is 3. The Kier molecular flexibility index (Phi) is 8.42. The summed E-state index contributed by atoms with van der Waals surface area (Å²) in [5.41, 5.74) is 1.16. The molecule has 2 fully saturated rings. The van der Waals surface area contributed by atoms with Crippen molar-refractivity contribution >= 4 is 67.8 Å². The molecule has 35 heavy (non-hydrogen) atoms. The van der Waals surface area contributed by atoms with Gasteiger partial charge >= 0.3 is 0 Å². The van der Waals surface area contributed by atoms with Crippen molar-refractivity contribution in [2.75, 3.05) is 32.2 Å². The summed E-state index contributed by atoms with van der Waals surface area (Å²) in [5.74, 6) is -0.231. The zero-order valence-electron chi connectivity index (χ0n) is 18.7. The van der Waals surface area contributed by atoms with E-state index in [9.17, 15) is 14.0 Å². The maximum absolute atomic E-state index is 13.0. The van der Waals surface area contributed by atoms with Crippen LogP contribution in [0.5, 0.6) is 11.5 Å². The van der Waals surface area contributed by atoms with Crippen LogP contribution in [0.4, 0.5) is 10.1 Å². The van der Waals surface area contributed by atoms with Gasteiger partial charge in [0.05, 0.1) is 29.1 Å². The number of carbonyl (C=O) groups excluding carboxylic acids is 2. The molecule has 11 heteroatoms. The molecule has 1 N–H and O–H groups in total. The van der Waals surface area contributed by atoms with E-state index in [2.05, 4.69) is 21.2 Å². The summed E-state index contributed by atoms with van der Waals surface area (Å²) < 4.78 is 30.9. The predicted molar refractivity (Wildman–Crippen MR) is 140 cm³/mol. The number of halogens is 2. The Bertz CT molecular complexity index is 1170. The predicted octanol–water partition coefficient (Wildman–Crippen LogP) is 4.99. The van der Waals surface area contributed by atoms with Gasteiger partial charge in [0.15, 0.2) is 18.1 Å². The molecular formula is C24H22BrFN2O5S2. The number of carbonyl (C=O) groups is 2. The summed E-state index contributed by atoms with van der Waals surface area (Å²) in [6, 6.07) is 8.91. The summed E-state index contributed by atoms with van der Waals surface area (Å²) >= 11 is 10.1. The lowest BCUT2D eigenvalue weighted by molar-refractivity contribution is -0.123. The third kappa shape index (κ3) is 6.40. The van der Waals surface area contributed by atoms with E-state index >= 15 is 0 Å². The van der Waals surface area contributed by atoms with Crippen LogP contribution >= 0.6 is 39.9 Å². The molecule has 0 bridgehead atoms. The first-order valence-electron chi connectivity index (χ1n) is 10.8. The number of thioether (sulfide) groups is 1. The van der Waals surface area contributed by atoms with Crippen LogP contribution in [0.25, 0.3) is 6.08 Å². The van der Waals surface area contributed by atoms with Crippen LogP contribution < -0.4 is 14.8 Å². The van der Waals surface area contributed by atoms with Crippen LogP contribution in [-0.2, 0) is 14.3 Å². The maximum Gasteiger partial charge on any atom is 0.266 e. The number of rotatable bonds is 8. The number of amides is 2. The van der Waals surface area contributed by atoms with E-state index in [-0.39, 0.29) is 18.6 Å². The highest BCUT2D eigenvalue weighted by Gasteiger charge is 2.34. The van der Waals surface area contributed by atoms with Crippen molar-refractivity contribution in [1.29, 1.82) is 0 Å².